The number of aromatic nitrogens is 2. The highest BCUT2D eigenvalue weighted by atomic mass is 32.2. The molecule has 0 bridgehead atoms. The highest BCUT2D eigenvalue weighted by Gasteiger charge is 2.18. The Kier molecular flexibility index (Phi) is 4.49. The molecule has 0 saturated heterocycles. The van der Waals surface area contributed by atoms with E-state index in [-0.39, 0.29) is 4.90 Å². The van der Waals surface area contributed by atoms with Gasteiger partial charge in [-0.1, -0.05) is 0 Å². The summed E-state index contributed by atoms with van der Waals surface area (Å²) in [5.41, 5.74) is 6.98. The maximum absolute atomic E-state index is 12.1. The summed E-state index contributed by atoms with van der Waals surface area (Å²) in [6.45, 7) is 0.600. The third-order valence-corrected chi connectivity index (χ3v) is 4.85. The molecule has 1 heterocycles. The minimum Gasteiger partial charge on any atom is -0.397 e. The zero-order valence-electron chi connectivity index (χ0n) is 12.0. The van der Waals surface area contributed by atoms with E-state index in [2.05, 4.69) is 15.3 Å². The Labute approximate surface area is 124 Å². The van der Waals surface area contributed by atoms with Gasteiger partial charge in [0, 0.05) is 39.5 Å². The van der Waals surface area contributed by atoms with Gasteiger partial charge in [0.25, 0.3) is 0 Å². The van der Waals surface area contributed by atoms with E-state index in [1.165, 1.54) is 24.5 Å². The Bertz CT molecular complexity index is 695. The number of sulfonamides is 1. The first-order chi connectivity index (χ1) is 9.91. The normalized spacial score (nSPS) is 11.8. The van der Waals surface area contributed by atoms with E-state index in [1.807, 2.05) is 0 Å². The van der Waals surface area contributed by atoms with Crippen molar-refractivity contribution in [2.24, 2.45) is 0 Å². The molecule has 4 N–H and O–H groups in total. The van der Waals surface area contributed by atoms with E-state index in [0.29, 0.717) is 24.3 Å². The highest BCUT2D eigenvalue weighted by Crippen LogP contribution is 2.24. The number of hydrogen-bond donors (Lipinski definition) is 3. The van der Waals surface area contributed by atoms with Crippen LogP contribution in [0.5, 0.6) is 0 Å². The number of aromatic amines is 1. The van der Waals surface area contributed by atoms with Crippen LogP contribution in [0, 0.1) is 0 Å². The lowest BCUT2D eigenvalue weighted by Gasteiger charge is -2.14. The molecule has 0 radical (unpaired) electrons. The first-order valence-electron chi connectivity index (χ1n) is 6.45. The van der Waals surface area contributed by atoms with Gasteiger partial charge in [-0.25, -0.2) is 17.7 Å². The Morgan fingerprint density at radius 3 is 2.76 bits per heavy atom. The smallest absolute Gasteiger partial charge is 0.242 e. The zero-order chi connectivity index (χ0) is 15.5. The number of benzene rings is 1. The van der Waals surface area contributed by atoms with Crippen LogP contribution in [0.3, 0.4) is 0 Å². The summed E-state index contributed by atoms with van der Waals surface area (Å²) in [5, 5.41) is 3.13. The number of nitrogens with zero attached hydrogens (tertiary/aromatic N) is 2. The summed E-state index contributed by atoms with van der Waals surface area (Å²) in [4.78, 5) is 7.33. The van der Waals surface area contributed by atoms with E-state index in [1.54, 1.807) is 24.5 Å². The number of rotatable bonds is 6. The van der Waals surface area contributed by atoms with Crippen LogP contribution in [0.2, 0.25) is 0 Å². The van der Waals surface area contributed by atoms with Crippen LogP contribution in [0.25, 0.3) is 0 Å². The van der Waals surface area contributed by atoms with Crippen LogP contribution in [-0.2, 0) is 16.4 Å². The second-order valence-corrected chi connectivity index (χ2v) is 6.90. The summed E-state index contributed by atoms with van der Waals surface area (Å²) in [6.07, 6.45) is 4.14. The van der Waals surface area contributed by atoms with E-state index >= 15 is 0 Å². The van der Waals surface area contributed by atoms with E-state index in [4.69, 9.17) is 5.73 Å². The van der Waals surface area contributed by atoms with Gasteiger partial charge in [-0.15, -0.1) is 0 Å². The van der Waals surface area contributed by atoms with Crippen LogP contribution in [0.4, 0.5) is 11.4 Å². The number of anilines is 2. The fourth-order valence-electron chi connectivity index (χ4n) is 1.81. The van der Waals surface area contributed by atoms with Crippen LogP contribution in [0.15, 0.2) is 35.5 Å². The number of imidazole rings is 1. The quantitative estimate of drug-likeness (QED) is 0.688. The van der Waals surface area contributed by atoms with Crippen molar-refractivity contribution in [1.82, 2.24) is 14.3 Å². The molecule has 0 aliphatic rings. The predicted molar refractivity (Wildman–Crippen MR) is 82.5 cm³/mol. The molecule has 0 fully saturated rings. The molecule has 0 unspecified atom stereocenters. The third-order valence-electron chi connectivity index (χ3n) is 3.04. The van der Waals surface area contributed by atoms with Gasteiger partial charge in [0.2, 0.25) is 10.0 Å². The molecular weight excluding hydrogens is 290 g/mol. The van der Waals surface area contributed by atoms with Crippen molar-refractivity contribution in [1.29, 1.82) is 0 Å². The van der Waals surface area contributed by atoms with Crippen molar-refractivity contribution < 1.29 is 8.42 Å². The van der Waals surface area contributed by atoms with Crippen molar-refractivity contribution in [3.05, 3.63) is 36.4 Å². The summed E-state index contributed by atoms with van der Waals surface area (Å²) in [6, 6.07) is 4.64. The number of nitrogen functional groups attached to an aromatic ring is 1. The lowest BCUT2D eigenvalue weighted by molar-refractivity contribution is 0.521. The van der Waals surface area contributed by atoms with Gasteiger partial charge in [0.15, 0.2) is 0 Å². The predicted octanol–water partition coefficient (Wildman–Crippen LogP) is 0.897. The molecule has 8 heteroatoms. The SMILES string of the molecule is CN(C)S(=O)(=O)c1ccc(N)c(NCCc2ncc[nH]2)c1. The van der Waals surface area contributed by atoms with Gasteiger partial charge in [0.05, 0.1) is 16.3 Å². The second-order valence-electron chi connectivity index (χ2n) is 4.75. The Hall–Kier alpha value is -2.06. The fraction of sp³-hybridized carbons (Fsp3) is 0.308. The molecule has 0 saturated carbocycles. The molecule has 114 valence electrons. The molecule has 7 nitrogen and oxygen atoms in total. The van der Waals surface area contributed by atoms with Crippen molar-refractivity contribution in [3.8, 4) is 0 Å². The van der Waals surface area contributed by atoms with Crippen molar-refractivity contribution in [3.63, 3.8) is 0 Å². The molecule has 0 spiro atoms. The number of H-pyrrole nitrogens is 1. The van der Waals surface area contributed by atoms with Gasteiger partial charge < -0.3 is 16.0 Å². The maximum Gasteiger partial charge on any atom is 0.242 e. The van der Waals surface area contributed by atoms with E-state index in [9.17, 15) is 8.42 Å². The molecular formula is C13H19N5O2S. The van der Waals surface area contributed by atoms with Crippen LogP contribution in [-0.4, -0.2) is 43.3 Å². The lowest BCUT2D eigenvalue weighted by atomic mass is 10.2. The van der Waals surface area contributed by atoms with Crippen LogP contribution < -0.4 is 11.1 Å². The number of hydrogen-bond acceptors (Lipinski definition) is 5. The van der Waals surface area contributed by atoms with Gasteiger partial charge in [-0.05, 0) is 18.2 Å². The molecule has 0 aliphatic heterocycles. The molecule has 2 aromatic rings. The minimum atomic E-state index is -3.47. The standard InChI is InChI=1S/C13H19N5O2S/c1-18(2)21(19,20)10-3-4-11(14)12(9-10)15-6-5-13-16-7-8-17-13/h3-4,7-9,15H,5-6,14H2,1-2H3,(H,16,17). The van der Waals surface area contributed by atoms with Crippen LogP contribution in [0.1, 0.15) is 5.82 Å². The van der Waals surface area contributed by atoms with Crippen molar-refractivity contribution in [2.75, 3.05) is 31.7 Å². The largest absolute Gasteiger partial charge is 0.397 e. The Morgan fingerprint density at radius 1 is 1.38 bits per heavy atom. The van der Waals surface area contributed by atoms with Crippen molar-refractivity contribution >= 4 is 21.4 Å². The minimum absolute atomic E-state index is 0.210. The summed E-state index contributed by atoms with van der Waals surface area (Å²) in [7, 11) is -0.474. The van der Waals surface area contributed by atoms with Gasteiger partial charge in [-0.3, -0.25) is 0 Å². The van der Waals surface area contributed by atoms with Crippen LogP contribution >= 0.6 is 0 Å². The lowest BCUT2D eigenvalue weighted by Crippen LogP contribution is -2.22. The third kappa shape index (κ3) is 3.53. The van der Waals surface area contributed by atoms with Gasteiger partial charge >= 0.3 is 0 Å². The maximum atomic E-state index is 12.1. The molecule has 1 aromatic carbocycles. The summed E-state index contributed by atoms with van der Waals surface area (Å²) < 4.78 is 25.4. The van der Waals surface area contributed by atoms with E-state index < -0.39 is 10.0 Å². The number of nitrogens with two attached hydrogens (primary N) is 1. The van der Waals surface area contributed by atoms with Gasteiger partial charge in [0.1, 0.15) is 5.82 Å². The summed E-state index contributed by atoms with van der Waals surface area (Å²) >= 11 is 0. The second kappa shape index (κ2) is 6.15. The zero-order valence-corrected chi connectivity index (χ0v) is 12.8. The monoisotopic (exact) mass is 309 g/mol. The van der Waals surface area contributed by atoms with E-state index in [0.717, 1.165) is 5.82 Å². The molecule has 1 aromatic heterocycles. The first kappa shape index (κ1) is 15.3. The molecule has 0 aliphatic carbocycles. The Balaban J connectivity index is 2.12. The average Bonchev–Trinajstić information content (AvgIpc) is 2.93. The molecule has 21 heavy (non-hydrogen) atoms. The van der Waals surface area contributed by atoms with Crippen molar-refractivity contribution in [2.45, 2.75) is 11.3 Å². The Morgan fingerprint density at radius 2 is 2.14 bits per heavy atom. The fourth-order valence-corrected chi connectivity index (χ4v) is 2.74. The van der Waals surface area contributed by atoms with Gasteiger partial charge in [-0.2, -0.15) is 0 Å². The molecule has 2 rings (SSSR count). The first-order valence-corrected chi connectivity index (χ1v) is 7.89. The molecule has 0 amide bonds. The topological polar surface area (TPSA) is 104 Å². The molecule has 0 atom stereocenters. The number of nitrogens with one attached hydrogen (secondary N) is 2. The highest BCUT2D eigenvalue weighted by molar-refractivity contribution is 7.89. The average molecular weight is 309 g/mol. The summed E-state index contributed by atoms with van der Waals surface area (Å²) in [5.74, 6) is 0.859.